The van der Waals surface area contributed by atoms with Gasteiger partial charge in [-0.15, -0.1) is 0 Å². The fourth-order valence-electron chi connectivity index (χ4n) is 2.69. The summed E-state index contributed by atoms with van der Waals surface area (Å²) in [5.41, 5.74) is 3.40. The van der Waals surface area contributed by atoms with Crippen LogP contribution in [0.15, 0.2) is 52.3 Å². The zero-order valence-corrected chi connectivity index (χ0v) is 15.8. The van der Waals surface area contributed by atoms with E-state index in [4.69, 9.17) is 0 Å². The fourth-order valence-corrected chi connectivity index (χ4v) is 3.63. The van der Waals surface area contributed by atoms with Crippen LogP contribution in [0.2, 0.25) is 0 Å². The van der Waals surface area contributed by atoms with Gasteiger partial charge in [-0.1, -0.05) is 54.9 Å². The van der Waals surface area contributed by atoms with Crippen molar-refractivity contribution in [1.82, 2.24) is 5.32 Å². The van der Waals surface area contributed by atoms with Crippen molar-refractivity contribution in [2.24, 2.45) is 0 Å². The lowest BCUT2D eigenvalue weighted by Crippen LogP contribution is -2.25. The molecule has 2 aromatic rings. The predicted octanol–water partition coefficient (Wildman–Crippen LogP) is 4.61. The molecule has 2 aromatic carbocycles. The number of rotatable bonds is 5. The zero-order chi connectivity index (χ0) is 18.5. The molecular weight excluding hydrogens is 344 g/mol. The first kappa shape index (κ1) is 18.3. The Labute approximate surface area is 158 Å². The summed E-state index contributed by atoms with van der Waals surface area (Å²) in [6, 6.07) is 13.5. The summed E-state index contributed by atoms with van der Waals surface area (Å²) in [6.45, 7) is 4.77. The summed E-state index contributed by atoms with van der Waals surface area (Å²) < 4.78 is 0. The maximum Gasteiger partial charge on any atom is 0.262 e. The molecule has 134 valence electrons. The Hall–Kier alpha value is -2.53. The number of fused-ring (bicyclic) bond motifs is 1. The Morgan fingerprint density at radius 1 is 1.23 bits per heavy atom. The Kier molecular flexibility index (Phi) is 5.78. The minimum absolute atomic E-state index is 0.110. The molecule has 0 unspecified atom stereocenters. The normalized spacial score (nSPS) is 14.7. The number of carbonyl (C=O) groups is 2. The number of aryl methyl sites for hydroxylation is 1. The van der Waals surface area contributed by atoms with Crippen molar-refractivity contribution in [3.05, 3.63) is 64.1 Å². The number of thioether (sulfide) groups is 1. The molecule has 1 aliphatic rings. The van der Waals surface area contributed by atoms with Gasteiger partial charge in [-0.2, -0.15) is 0 Å². The molecule has 2 N–H and O–H groups in total. The summed E-state index contributed by atoms with van der Waals surface area (Å²) in [7, 11) is 0. The summed E-state index contributed by atoms with van der Waals surface area (Å²) in [4.78, 5) is 26.2. The van der Waals surface area contributed by atoms with Crippen molar-refractivity contribution in [2.45, 2.75) is 31.6 Å². The van der Waals surface area contributed by atoms with E-state index in [1.807, 2.05) is 43.3 Å². The maximum absolute atomic E-state index is 12.4. The van der Waals surface area contributed by atoms with Crippen LogP contribution in [0.3, 0.4) is 0 Å². The molecule has 0 bridgehead atoms. The van der Waals surface area contributed by atoms with Crippen LogP contribution in [0.5, 0.6) is 0 Å². The van der Waals surface area contributed by atoms with Crippen molar-refractivity contribution in [3.63, 3.8) is 0 Å². The minimum Gasteiger partial charge on any atom is -0.352 e. The van der Waals surface area contributed by atoms with Crippen LogP contribution in [-0.4, -0.2) is 18.4 Å². The molecule has 4 nitrogen and oxygen atoms in total. The molecular formula is C21H22N2O2S. The Balaban J connectivity index is 1.78. The van der Waals surface area contributed by atoms with Gasteiger partial charge in [-0.05, 0) is 43.2 Å². The van der Waals surface area contributed by atoms with E-state index in [0.717, 1.165) is 28.9 Å². The van der Waals surface area contributed by atoms with E-state index in [2.05, 4.69) is 17.6 Å². The minimum atomic E-state index is -0.146. The fraction of sp³-hybridized carbons (Fsp3) is 0.238. The topological polar surface area (TPSA) is 58.2 Å². The predicted molar refractivity (Wildman–Crippen MR) is 107 cm³/mol. The molecule has 3 rings (SSSR count). The third-order valence-electron chi connectivity index (χ3n) is 4.09. The highest BCUT2D eigenvalue weighted by Gasteiger charge is 2.22. The van der Waals surface area contributed by atoms with E-state index in [9.17, 15) is 9.59 Å². The lowest BCUT2D eigenvalue weighted by molar-refractivity contribution is -0.112. The van der Waals surface area contributed by atoms with Crippen molar-refractivity contribution in [1.29, 1.82) is 0 Å². The van der Waals surface area contributed by atoms with Gasteiger partial charge >= 0.3 is 0 Å². The van der Waals surface area contributed by atoms with E-state index >= 15 is 0 Å². The van der Waals surface area contributed by atoms with Gasteiger partial charge < -0.3 is 10.6 Å². The lowest BCUT2D eigenvalue weighted by atomic mass is 10.1. The average Bonchev–Trinajstić information content (AvgIpc) is 2.62. The summed E-state index contributed by atoms with van der Waals surface area (Å²) in [5, 5.41) is 5.79. The van der Waals surface area contributed by atoms with E-state index in [1.165, 1.54) is 11.8 Å². The van der Waals surface area contributed by atoms with Crippen LogP contribution in [0.25, 0.3) is 6.08 Å². The molecule has 0 radical (unpaired) electrons. The number of anilines is 1. The molecule has 1 heterocycles. The third-order valence-corrected chi connectivity index (χ3v) is 5.19. The molecule has 0 saturated heterocycles. The summed E-state index contributed by atoms with van der Waals surface area (Å²) in [6.07, 6.45) is 3.88. The van der Waals surface area contributed by atoms with Crippen molar-refractivity contribution < 1.29 is 9.59 Å². The second kappa shape index (κ2) is 8.23. The molecule has 0 saturated carbocycles. The maximum atomic E-state index is 12.4. The van der Waals surface area contributed by atoms with Gasteiger partial charge in [0.2, 0.25) is 0 Å². The standard InChI is InChI=1S/C21H22N2O2S/c1-3-4-10-22-20(24)16-8-9-18-17(13-16)23-21(25)19(26-18)12-15-7-5-6-14(2)11-15/h5-9,11-13H,3-4,10H2,1-2H3,(H,22,24)(H,23,25). The zero-order valence-electron chi connectivity index (χ0n) is 15.0. The highest BCUT2D eigenvalue weighted by molar-refractivity contribution is 8.04. The second-order valence-corrected chi connectivity index (χ2v) is 7.38. The number of benzene rings is 2. The highest BCUT2D eigenvalue weighted by Crippen LogP contribution is 2.39. The van der Waals surface area contributed by atoms with Gasteiger partial charge in [0.05, 0.1) is 10.6 Å². The van der Waals surface area contributed by atoms with Crippen LogP contribution in [0.1, 0.15) is 41.3 Å². The quantitative estimate of drug-likeness (QED) is 0.600. The first-order valence-corrected chi connectivity index (χ1v) is 9.58. The average molecular weight is 366 g/mol. The molecule has 0 fully saturated rings. The van der Waals surface area contributed by atoms with Crippen LogP contribution >= 0.6 is 11.8 Å². The summed E-state index contributed by atoms with van der Waals surface area (Å²) >= 11 is 1.43. The lowest BCUT2D eigenvalue weighted by Gasteiger charge is -2.19. The SMILES string of the molecule is CCCCNC(=O)c1ccc2c(c1)NC(=O)C(=Cc1cccc(C)c1)S2. The Morgan fingerprint density at radius 3 is 2.85 bits per heavy atom. The molecule has 0 spiro atoms. The van der Waals surface area contributed by atoms with E-state index in [1.54, 1.807) is 12.1 Å². The number of unbranched alkanes of at least 4 members (excludes halogenated alkanes) is 1. The molecule has 0 atom stereocenters. The number of amides is 2. The van der Waals surface area contributed by atoms with Gasteiger partial charge in [0.1, 0.15) is 0 Å². The van der Waals surface area contributed by atoms with Gasteiger partial charge in [-0.25, -0.2) is 0 Å². The van der Waals surface area contributed by atoms with Crippen molar-refractivity contribution in [3.8, 4) is 0 Å². The monoisotopic (exact) mass is 366 g/mol. The number of hydrogen-bond donors (Lipinski definition) is 2. The second-order valence-electron chi connectivity index (χ2n) is 6.30. The van der Waals surface area contributed by atoms with Gasteiger partial charge in [0.25, 0.3) is 11.8 Å². The number of hydrogen-bond acceptors (Lipinski definition) is 3. The van der Waals surface area contributed by atoms with Gasteiger partial charge in [0, 0.05) is 17.0 Å². The van der Waals surface area contributed by atoms with Crippen LogP contribution in [0.4, 0.5) is 5.69 Å². The van der Waals surface area contributed by atoms with E-state index in [-0.39, 0.29) is 11.8 Å². The van der Waals surface area contributed by atoms with Crippen LogP contribution in [0, 0.1) is 6.92 Å². The summed E-state index contributed by atoms with van der Waals surface area (Å²) in [5.74, 6) is -0.255. The van der Waals surface area contributed by atoms with Gasteiger partial charge in [-0.3, -0.25) is 9.59 Å². The first-order valence-electron chi connectivity index (χ1n) is 8.76. The van der Waals surface area contributed by atoms with E-state index < -0.39 is 0 Å². The molecule has 5 heteroatoms. The molecule has 0 aliphatic carbocycles. The Bertz CT molecular complexity index is 874. The first-order chi connectivity index (χ1) is 12.6. The van der Waals surface area contributed by atoms with Gasteiger partial charge in [0.15, 0.2) is 0 Å². The number of nitrogens with one attached hydrogen (secondary N) is 2. The molecule has 2 amide bonds. The molecule has 26 heavy (non-hydrogen) atoms. The van der Waals surface area contributed by atoms with Crippen molar-refractivity contribution in [2.75, 3.05) is 11.9 Å². The Morgan fingerprint density at radius 2 is 2.08 bits per heavy atom. The smallest absolute Gasteiger partial charge is 0.262 e. The van der Waals surface area contributed by atoms with Crippen LogP contribution < -0.4 is 10.6 Å². The highest BCUT2D eigenvalue weighted by atomic mass is 32.2. The van der Waals surface area contributed by atoms with E-state index in [0.29, 0.717) is 22.7 Å². The molecule has 1 aliphatic heterocycles. The third kappa shape index (κ3) is 4.35. The largest absolute Gasteiger partial charge is 0.352 e. The van der Waals surface area contributed by atoms with Crippen LogP contribution in [-0.2, 0) is 4.79 Å². The van der Waals surface area contributed by atoms with Crippen molar-refractivity contribution >= 4 is 35.3 Å². The number of carbonyl (C=O) groups excluding carboxylic acids is 2. The molecule has 0 aromatic heterocycles.